The molecule has 1 saturated heterocycles. The monoisotopic (exact) mass is 544 g/mol. The summed E-state index contributed by atoms with van der Waals surface area (Å²) in [6, 6.07) is 5.29. The minimum absolute atomic E-state index is 0. The molecular weight excluding hydrogens is 510 g/mol. The lowest BCUT2D eigenvalue weighted by Gasteiger charge is -2.24. The fraction of sp³-hybridized carbons (Fsp3) is 0.545. The van der Waals surface area contributed by atoms with Crippen LogP contribution < -0.4 is 10.6 Å². The third-order valence-electron chi connectivity index (χ3n) is 5.70. The summed E-state index contributed by atoms with van der Waals surface area (Å²) in [5.74, 6) is 0.371. The Morgan fingerprint density at radius 2 is 2.16 bits per heavy atom. The Labute approximate surface area is 200 Å². The molecule has 3 rings (SSSR count). The van der Waals surface area contributed by atoms with Crippen molar-refractivity contribution in [2.24, 2.45) is 4.99 Å². The number of aliphatic imine (C=N–C) groups is 1. The second-order valence-electron chi connectivity index (χ2n) is 7.94. The molecule has 1 amide bonds. The van der Waals surface area contributed by atoms with Gasteiger partial charge in [-0.15, -0.1) is 24.0 Å². The number of rotatable bonds is 8. The van der Waals surface area contributed by atoms with E-state index in [4.69, 9.17) is 0 Å². The first kappa shape index (κ1) is 25.4. The van der Waals surface area contributed by atoms with Gasteiger partial charge in [0.2, 0.25) is 5.91 Å². The Kier molecular flexibility index (Phi) is 10.0. The largest absolute Gasteiger partial charge is 0.361 e. The minimum atomic E-state index is -0.244. The van der Waals surface area contributed by atoms with Gasteiger partial charge in [0, 0.05) is 50.3 Å². The van der Waals surface area contributed by atoms with Crippen LogP contribution in [0.3, 0.4) is 0 Å². The third-order valence-corrected chi connectivity index (χ3v) is 5.70. The van der Waals surface area contributed by atoms with Crippen molar-refractivity contribution < 1.29 is 9.18 Å². The Balaban J connectivity index is 0.00000341. The number of nitrogens with one attached hydrogen (secondary N) is 3. The molecule has 0 spiro atoms. The molecule has 1 aliphatic rings. The first-order chi connectivity index (χ1) is 14.5. The number of H-pyrrole nitrogens is 1. The predicted molar refractivity (Wildman–Crippen MR) is 135 cm³/mol. The van der Waals surface area contributed by atoms with Crippen LogP contribution in [0.4, 0.5) is 4.39 Å². The van der Waals surface area contributed by atoms with Crippen LogP contribution in [0.25, 0.3) is 10.9 Å². The second kappa shape index (κ2) is 12.2. The first-order valence-corrected chi connectivity index (χ1v) is 10.7. The Morgan fingerprint density at radius 3 is 2.90 bits per heavy atom. The number of likely N-dealkylation sites (N-methyl/N-ethyl adjacent to an activating group) is 2. The molecule has 1 aliphatic heterocycles. The van der Waals surface area contributed by atoms with Crippen LogP contribution in [-0.4, -0.2) is 79.5 Å². The summed E-state index contributed by atoms with van der Waals surface area (Å²) in [5, 5.41) is 7.79. The van der Waals surface area contributed by atoms with Gasteiger partial charge < -0.3 is 20.5 Å². The third kappa shape index (κ3) is 7.06. The van der Waals surface area contributed by atoms with Crippen molar-refractivity contribution in [3.8, 4) is 0 Å². The lowest BCUT2D eigenvalue weighted by atomic mass is 10.1. The first-order valence-electron chi connectivity index (χ1n) is 10.7. The standard InChI is InChI=1S/C22H33FN6O.HI/c1-4-29-11-5-6-18(29)14-26-22(27-15-21(30)28(2)3)24-10-9-16-13-25-20-12-17(23)7-8-19(16)20;/h7-8,12-13,18,25H,4-6,9-11,14-15H2,1-3H3,(H2,24,26,27);1H. The van der Waals surface area contributed by atoms with Gasteiger partial charge in [-0.1, -0.05) is 6.92 Å². The van der Waals surface area contributed by atoms with E-state index in [0.29, 0.717) is 18.5 Å². The van der Waals surface area contributed by atoms with Gasteiger partial charge in [0.25, 0.3) is 0 Å². The van der Waals surface area contributed by atoms with Crippen LogP contribution in [0.15, 0.2) is 29.4 Å². The zero-order chi connectivity index (χ0) is 21.5. The highest BCUT2D eigenvalue weighted by atomic mass is 127. The number of hydrogen-bond donors (Lipinski definition) is 3. The highest BCUT2D eigenvalue weighted by molar-refractivity contribution is 14.0. The fourth-order valence-electron chi connectivity index (χ4n) is 3.90. The van der Waals surface area contributed by atoms with Gasteiger partial charge in [-0.25, -0.2) is 9.38 Å². The predicted octanol–water partition coefficient (Wildman–Crippen LogP) is 2.58. The van der Waals surface area contributed by atoms with Crippen LogP contribution in [-0.2, 0) is 11.2 Å². The number of hydrogen-bond acceptors (Lipinski definition) is 3. The van der Waals surface area contributed by atoms with Crippen molar-refractivity contribution in [2.45, 2.75) is 32.2 Å². The van der Waals surface area contributed by atoms with Gasteiger partial charge in [0.1, 0.15) is 12.4 Å². The second-order valence-corrected chi connectivity index (χ2v) is 7.94. The van der Waals surface area contributed by atoms with E-state index in [1.54, 1.807) is 25.1 Å². The maximum atomic E-state index is 13.4. The Hall–Kier alpha value is -1.88. The zero-order valence-electron chi connectivity index (χ0n) is 18.6. The maximum absolute atomic E-state index is 13.4. The molecule has 1 aromatic carbocycles. The lowest BCUT2D eigenvalue weighted by Crippen LogP contribution is -2.45. The van der Waals surface area contributed by atoms with Crippen LogP contribution in [0.5, 0.6) is 0 Å². The molecule has 31 heavy (non-hydrogen) atoms. The molecule has 172 valence electrons. The highest BCUT2D eigenvalue weighted by Gasteiger charge is 2.22. The summed E-state index contributed by atoms with van der Waals surface area (Å²) in [6.07, 6.45) is 5.08. The van der Waals surface area contributed by atoms with Crippen molar-refractivity contribution in [2.75, 3.05) is 46.8 Å². The van der Waals surface area contributed by atoms with Crippen LogP contribution in [0, 0.1) is 5.82 Å². The van der Waals surface area contributed by atoms with E-state index in [9.17, 15) is 9.18 Å². The van der Waals surface area contributed by atoms with E-state index in [1.165, 1.54) is 25.0 Å². The molecule has 0 saturated carbocycles. The van der Waals surface area contributed by atoms with E-state index in [0.717, 1.165) is 42.5 Å². The van der Waals surface area contributed by atoms with E-state index < -0.39 is 0 Å². The van der Waals surface area contributed by atoms with Crippen molar-refractivity contribution in [3.05, 3.63) is 35.8 Å². The van der Waals surface area contributed by atoms with Gasteiger partial charge in [-0.3, -0.25) is 9.69 Å². The molecule has 3 N–H and O–H groups in total. The van der Waals surface area contributed by atoms with E-state index in [2.05, 4.69) is 32.4 Å². The highest BCUT2D eigenvalue weighted by Crippen LogP contribution is 2.19. The molecule has 0 bridgehead atoms. The quantitative estimate of drug-likeness (QED) is 0.272. The number of benzene rings is 1. The van der Waals surface area contributed by atoms with E-state index in [-0.39, 0.29) is 42.2 Å². The molecule has 1 atom stereocenters. The molecule has 2 heterocycles. The number of guanidine groups is 1. The molecule has 1 aromatic heterocycles. The van der Waals surface area contributed by atoms with Crippen LogP contribution >= 0.6 is 24.0 Å². The number of aromatic nitrogens is 1. The van der Waals surface area contributed by atoms with Gasteiger partial charge in [-0.05, 0) is 56.1 Å². The van der Waals surface area contributed by atoms with Crippen molar-refractivity contribution in [3.63, 3.8) is 0 Å². The van der Waals surface area contributed by atoms with Crippen LogP contribution in [0.1, 0.15) is 25.3 Å². The minimum Gasteiger partial charge on any atom is -0.361 e. The summed E-state index contributed by atoms with van der Waals surface area (Å²) in [5.41, 5.74) is 1.92. The Bertz CT molecular complexity index is 884. The van der Waals surface area contributed by atoms with Gasteiger partial charge in [0.15, 0.2) is 5.96 Å². The molecule has 1 fully saturated rings. The van der Waals surface area contributed by atoms with Gasteiger partial charge in [-0.2, -0.15) is 0 Å². The molecule has 1 unspecified atom stereocenters. The molecule has 9 heteroatoms. The van der Waals surface area contributed by atoms with Crippen molar-refractivity contribution in [1.29, 1.82) is 0 Å². The number of aromatic amines is 1. The molecule has 0 aliphatic carbocycles. The van der Waals surface area contributed by atoms with Crippen molar-refractivity contribution >= 4 is 46.7 Å². The number of carbonyl (C=O) groups excluding carboxylic acids is 1. The number of fused-ring (bicyclic) bond motifs is 1. The van der Waals surface area contributed by atoms with Gasteiger partial charge in [0.05, 0.1) is 0 Å². The smallest absolute Gasteiger partial charge is 0.243 e. The van der Waals surface area contributed by atoms with Gasteiger partial charge >= 0.3 is 0 Å². The molecular formula is C22H34FIN6O. The summed E-state index contributed by atoms with van der Waals surface area (Å²) in [4.78, 5) is 23.6. The molecule has 7 nitrogen and oxygen atoms in total. The summed E-state index contributed by atoms with van der Waals surface area (Å²) >= 11 is 0. The SMILES string of the molecule is CCN1CCCC1CNC(=NCC(=O)N(C)C)NCCc1c[nH]c2cc(F)ccc12.I. The number of halogens is 2. The average Bonchev–Trinajstić information content (AvgIpc) is 3.35. The zero-order valence-corrected chi connectivity index (χ0v) is 20.9. The number of carbonyl (C=O) groups is 1. The van der Waals surface area contributed by atoms with Crippen LogP contribution in [0.2, 0.25) is 0 Å². The fourth-order valence-corrected chi connectivity index (χ4v) is 3.90. The average molecular weight is 544 g/mol. The van der Waals surface area contributed by atoms with Crippen molar-refractivity contribution in [1.82, 2.24) is 25.4 Å². The summed E-state index contributed by atoms with van der Waals surface area (Å²) in [6.45, 7) is 5.96. The Morgan fingerprint density at radius 1 is 1.35 bits per heavy atom. The summed E-state index contributed by atoms with van der Waals surface area (Å²) in [7, 11) is 3.46. The number of nitrogens with zero attached hydrogens (tertiary/aromatic N) is 3. The molecule has 0 radical (unpaired) electrons. The van der Waals surface area contributed by atoms with E-state index in [1.807, 2.05) is 6.20 Å². The number of likely N-dealkylation sites (tertiary alicyclic amines) is 1. The normalized spacial score (nSPS) is 16.9. The molecule has 2 aromatic rings. The topological polar surface area (TPSA) is 75.8 Å². The maximum Gasteiger partial charge on any atom is 0.243 e. The van der Waals surface area contributed by atoms with E-state index >= 15 is 0 Å². The summed E-state index contributed by atoms with van der Waals surface area (Å²) < 4.78 is 13.4. The lowest BCUT2D eigenvalue weighted by molar-refractivity contribution is -0.127. The number of amides is 1.